The molecule has 0 spiro atoms. The summed E-state index contributed by atoms with van der Waals surface area (Å²) in [5.41, 5.74) is 0. The summed E-state index contributed by atoms with van der Waals surface area (Å²) in [5.74, 6) is -1.09. The number of unbranched alkanes of at least 4 members (excludes halogenated alkanes) is 32. The van der Waals surface area contributed by atoms with Crippen LogP contribution in [0.5, 0.6) is 0 Å². The van der Waals surface area contributed by atoms with Gasteiger partial charge in [0.15, 0.2) is 6.10 Å². The van der Waals surface area contributed by atoms with Crippen LogP contribution in [0, 0.1) is 0 Å². The first-order valence-corrected chi connectivity index (χ1v) is 29.6. The average Bonchev–Trinajstić information content (AvgIpc) is 3.33. The van der Waals surface area contributed by atoms with Crippen molar-refractivity contribution in [2.45, 2.75) is 301 Å². The van der Waals surface area contributed by atoms with Gasteiger partial charge in [-0.15, -0.1) is 0 Å². The van der Waals surface area contributed by atoms with Gasteiger partial charge in [-0.2, -0.15) is 0 Å². The maximum absolute atomic E-state index is 12.9. The van der Waals surface area contributed by atoms with Crippen LogP contribution >= 0.6 is 7.82 Å². The second-order valence-corrected chi connectivity index (χ2v) is 21.2. The third kappa shape index (κ3) is 36.8. The maximum Gasteiger partial charge on any atom is 0.472 e. The molecule has 6 atom stereocenters. The van der Waals surface area contributed by atoms with Gasteiger partial charge in [0.25, 0.3) is 0 Å². The van der Waals surface area contributed by atoms with E-state index in [1.165, 1.54) is 161 Å². The number of hydrogen-bond acceptors (Lipinski definition) is 12. The van der Waals surface area contributed by atoms with Gasteiger partial charge in [-0.3, -0.25) is 18.6 Å². The lowest BCUT2D eigenvalue weighted by atomic mass is 9.85. The summed E-state index contributed by atoms with van der Waals surface area (Å²) in [6.45, 7) is 3.34. The summed E-state index contributed by atoms with van der Waals surface area (Å²) in [4.78, 5) is 35.9. The average molecular weight is 1000 g/mol. The molecule has 406 valence electrons. The molecule has 0 bridgehead atoms. The molecule has 6 unspecified atom stereocenters. The van der Waals surface area contributed by atoms with Crippen molar-refractivity contribution in [3.63, 3.8) is 0 Å². The SMILES string of the molecule is CCCCCCCC/C=C\CCCCCCCCCCCC(=O)OCC(COP(=O)(O)OC1C(O)C(O)C(O)C(O)C1O)OC(=O)CCCCCCCCCCC/C=C\CCCCCCCCCC. The minimum Gasteiger partial charge on any atom is -0.462 e. The molecule has 0 aliphatic heterocycles. The first kappa shape index (κ1) is 65.3. The van der Waals surface area contributed by atoms with E-state index in [0.29, 0.717) is 12.8 Å². The number of carbonyl (C=O) groups excluding carboxylic acids is 2. The fourth-order valence-corrected chi connectivity index (χ4v) is 9.72. The Kier molecular flexibility index (Phi) is 42.6. The number of aliphatic hydroxyl groups is 5. The van der Waals surface area contributed by atoms with E-state index in [9.17, 15) is 44.6 Å². The van der Waals surface area contributed by atoms with Crippen LogP contribution in [0.25, 0.3) is 0 Å². The summed E-state index contributed by atoms with van der Waals surface area (Å²) >= 11 is 0. The normalized spacial score (nSPS) is 21.0. The molecule has 0 aromatic rings. The molecule has 6 N–H and O–H groups in total. The summed E-state index contributed by atoms with van der Waals surface area (Å²) in [5, 5.41) is 50.4. The molecule has 0 heterocycles. The Morgan fingerprint density at radius 2 is 0.739 bits per heavy atom. The first-order valence-electron chi connectivity index (χ1n) is 28.1. The number of esters is 2. The van der Waals surface area contributed by atoms with Crippen LogP contribution in [0.2, 0.25) is 0 Å². The van der Waals surface area contributed by atoms with E-state index in [2.05, 4.69) is 38.2 Å². The van der Waals surface area contributed by atoms with Crippen molar-refractivity contribution < 1.29 is 63.1 Å². The first-order chi connectivity index (χ1) is 33.4. The molecule has 13 nitrogen and oxygen atoms in total. The summed E-state index contributed by atoms with van der Waals surface area (Å²) in [6, 6.07) is 0. The highest BCUT2D eigenvalue weighted by atomic mass is 31.2. The maximum atomic E-state index is 12.9. The fourth-order valence-electron chi connectivity index (χ4n) is 8.75. The lowest BCUT2D eigenvalue weighted by molar-refractivity contribution is -0.220. The molecule has 0 amide bonds. The Bertz CT molecular complexity index is 1300. The Balaban J connectivity index is 2.35. The molecule has 1 saturated carbocycles. The van der Waals surface area contributed by atoms with E-state index < -0.39 is 75.7 Å². The molecule has 0 saturated heterocycles. The minimum atomic E-state index is -5.12. The van der Waals surface area contributed by atoms with E-state index in [4.69, 9.17) is 18.5 Å². The molecule has 1 aliphatic rings. The zero-order valence-electron chi connectivity index (χ0n) is 43.6. The van der Waals surface area contributed by atoms with Gasteiger partial charge in [0.05, 0.1) is 6.61 Å². The van der Waals surface area contributed by atoms with Crippen molar-refractivity contribution in [2.24, 2.45) is 0 Å². The second kappa shape index (κ2) is 45.0. The highest BCUT2D eigenvalue weighted by Crippen LogP contribution is 2.47. The molecule has 0 radical (unpaired) electrons. The molecule has 69 heavy (non-hydrogen) atoms. The lowest BCUT2D eigenvalue weighted by Gasteiger charge is -2.41. The van der Waals surface area contributed by atoms with Crippen molar-refractivity contribution in [1.82, 2.24) is 0 Å². The van der Waals surface area contributed by atoms with Crippen molar-refractivity contribution in [3.8, 4) is 0 Å². The number of phosphoric acid groups is 1. The summed E-state index contributed by atoms with van der Waals surface area (Å²) < 4.78 is 33.7. The predicted octanol–water partition coefficient (Wildman–Crippen LogP) is 12.7. The van der Waals surface area contributed by atoms with Crippen molar-refractivity contribution in [2.75, 3.05) is 13.2 Å². The van der Waals surface area contributed by atoms with Gasteiger partial charge >= 0.3 is 19.8 Å². The quantitative estimate of drug-likeness (QED) is 0.0145. The zero-order chi connectivity index (χ0) is 50.6. The van der Waals surface area contributed by atoms with Gasteiger partial charge < -0.3 is 39.9 Å². The molecule has 1 rings (SSSR count). The van der Waals surface area contributed by atoms with Crippen LogP contribution in [0.3, 0.4) is 0 Å². The van der Waals surface area contributed by atoms with Crippen LogP contribution in [0.1, 0.15) is 258 Å². The standard InChI is InChI=1S/C55H103O13P/c1-3-5-7-9-11-13-15-17-19-21-23-24-26-28-30-32-34-36-38-40-42-44-49(57)67-47(46-66-69(63,64)68-55-53(61)51(59)50(58)52(60)54(55)62)45-65-48(56)43-41-39-37-35-33-31-29-27-25-22-20-18-16-14-12-10-8-6-4-2/h18,20-21,23,47,50-55,58-62H,3-17,19,22,24-46H2,1-2H3,(H,63,64)/b20-18-,23-21-. The molecular weight excluding hydrogens is 900 g/mol. The van der Waals surface area contributed by atoms with Gasteiger partial charge in [-0.25, -0.2) is 4.57 Å². The van der Waals surface area contributed by atoms with E-state index in [0.717, 1.165) is 57.8 Å². The third-order valence-corrected chi connectivity index (χ3v) is 14.3. The van der Waals surface area contributed by atoms with Gasteiger partial charge in [0, 0.05) is 12.8 Å². The monoisotopic (exact) mass is 1000 g/mol. The summed E-state index contributed by atoms with van der Waals surface area (Å²) in [7, 11) is -5.12. The van der Waals surface area contributed by atoms with Crippen LogP contribution in [-0.4, -0.2) is 98.3 Å². The van der Waals surface area contributed by atoms with Crippen LogP contribution in [-0.2, 0) is 32.7 Å². The second-order valence-electron chi connectivity index (χ2n) is 19.8. The third-order valence-electron chi connectivity index (χ3n) is 13.3. The van der Waals surface area contributed by atoms with Gasteiger partial charge in [0.2, 0.25) is 0 Å². The Labute approximate surface area is 419 Å². The number of phosphoric ester groups is 1. The van der Waals surface area contributed by atoms with Gasteiger partial charge in [-0.05, 0) is 64.2 Å². The number of hydrogen-bond donors (Lipinski definition) is 6. The fraction of sp³-hybridized carbons (Fsp3) is 0.891. The molecule has 0 aromatic carbocycles. The number of aliphatic hydroxyl groups excluding tert-OH is 5. The van der Waals surface area contributed by atoms with Crippen LogP contribution in [0.4, 0.5) is 0 Å². The Hall–Kier alpha value is -1.67. The van der Waals surface area contributed by atoms with Crippen molar-refractivity contribution in [1.29, 1.82) is 0 Å². The smallest absolute Gasteiger partial charge is 0.462 e. The van der Waals surface area contributed by atoms with Gasteiger partial charge in [-0.1, -0.05) is 205 Å². The molecular formula is C55H103O13P. The van der Waals surface area contributed by atoms with E-state index in [1.54, 1.807) is 0 Å². The lowest BCUT2D eigenvalue weighted by Crippen LogP contribution is -2.64. The van der Waals surface area contributed by atoms with Crippen LogP contribution < -0.4 is 0 Å². The summed E-state index contributed by atoms with van der Waals surface area (Å²) in [6.07, 6.45) is 39.3. The van der Waals surface area contributed by atoms with Crippen molar-refractivity contribution in [3.05, 3.63) is 24.3 Å². The highest BCUT2D eigenvalue weighted by Gasteiger charge is 2.51. The highest BCUT2D eigenvalue weighted by molar-refractivity contribution is 7.47. The number of rotatable bonds is 48. The predicted molar refractivity (Wildman–Crippen MR) is 277 cm³/mol. The zero-order valence-corrected chi connectivity index (χ0v) is 44.5. The van der Waals surface area contributed by atoms with Crippen molar-refractivity contribution >= 4 is 19.8 Å². The van der Waals surface area contributed by atoms with E-state index in [1.807, 2.05) is 0 Å². The van der Waals surface area contributed by atoms with E-state index >= 15 is 0 Å². The Morgan fingerprint density at radius 1 is 0.435 bits per heavy atom. The van der Waals surface area contributed by atoms with Gasteiger partial charge in [0.1, 0.15) is 43.2 Å². The largest absolute Gasteiger partial charge is 0.472 e. The molecule has 0 aromatic heterocycles. The molecule has 1 aliphatic carbocycles. The number of carbonyl (C=O) groups is 2. The molecule has 1 fully saturated rings. The minimum absolute atomic E-state index is 0.0968. The topological polar surface area (TPSA) is 210 Å². The number of ether oxygens (including phenoxy) is 2. The van der Waals surface area contributed by atoms with E-state index in [-0.39, 0.29) is 12.8 Å². The Morgan fingerprint density at radius 3 is 1.10 bits per heavy atom. The number of allylic oxidation sites excluding steroid dienone is 4. The van der Waals surface area contributed by atoms with Crippen LogP contribution in [0.15, 0.2) is 24.3 Å². The molecule has 14 heteroatoms.